The number of nitrogens with one attached hydrogen (secondary N) is 1. The molecule has 1 aromatic carbocycles. The van der Waals surface area contributed by atoms with Gasteiger partial charge in [-0.3, -0.25) is 19.3 Å². The van der Waals surface area contributed by atoms with E-state index in [1.54, 1.807) is 4.90 Å². The van der Waals surface area contributed by atoms with Crippen molar-refractivity contribution in [3.8, 4) is 0 Å². The lowest BCUT2D eigenvalue weighted by Gasteiger charge is -2.40. The van der Waals surface area contributed by atoms with Crippen LogP contribution in [0.25, 0.3) is 0 Å². The fraction of sp³-hybridized carbons (Fsp3) is 0.571. The van der Waals surface area contributed by atoms with Crippen LogP contribution in [0, 0.1) is 5.82 Å². The van der Waals surface area contributed by atoms with Crippen LogP contribution in [0.3, 0.4) is 0 Å². The Morgan fingerprint density at radius 1 is 1.03 bits per heavy atom. The van der Waals surface area contributed by atoms with E-state index in [1.165, 1.54) is 24.3 Å². The summed E-state index contributed by atoms with van der Waals surface area (Å²) in [4.78, 5) is 42.9. The molecular formula is C21H29FN4O3. The van der Waals surface area contributed by atoms with Crippen LogP contribution in [0.1, 0.15) is 32.6 Å². The number of anilines is 1. The maximum absolute atomic E-state index is 13.0. The SMILES string of the molecule is CCC(=O)N1CCCCC1C(=O)N1CCN(CC(=O)Nc2ccc(F)cc2)CC1. The molecule has 1 N–H and O–H groups in total. The second kappa shape index (κ2) is 9.82. The number of halogens is 1. The molecule has 2 aliphatic heterocycles. The normalized spacial score (nSPS) is 20.4. The monoisotopic (exact) mass is 404 g/mol. The number of hydrogen-bond acceptors (Lipinski definition) is 4. The number of carbonyl (C=O) groups is 3. The fourth-order valence-corrected chi connectivity index (χ4v) is 3.96. The first-order valence-electron chi connectivity index (χ1n) is 10.3. The molecule has 7 nitrogen and oxygen atoms in total. The second-order valence-corrected chi connectivity index (χ2v) is 7.61. The van der Waals surface area contributed by atoms with Gasteiger partial charge in [-0.05, 0) is 43.5 Å². The van der Waals surface area contributed by atoms with E-state index < -0.39 is 0 Å². The van der Waals surface area contributed by atoms with E-state index >= 15 is 0 Å². The minimum Gasteiger partial charge on any atom is -0.338 e. The van der Waals surface area contributed by atoms with E-state index in [0.29, 0.717) is 44.8 Å². The van der Waals surface area contributed by atoms with E-state index in [-0.39, 0.29) is 36.1 Å². The Labute approximate surface area is 170 Å². The molecule has 1 aromatic rings. The fourth-order valence-electron chi connectivity index (χ4n) is 3.96. The number of hydrogen-bond donors (Lipinski definition) is 1. The summed E-state index contributed by atoms with van der Waals surface area (Å²) in [5.74, 6) is -0.439. The summed E-state index contributed by atoms with van der Waals surface area (Å²) in [6, 6.07) is 5.31. The highest BCUT2D eigenvalue weighted by molar-refractivity contribution is 5.92. The summed E-state index contributed by atoms with van der Waals surface area (Å²) in [5, 5.41) is 2.75. The first kappa shape index (κ1) is 21.2. The second-order valence-electron chi connectivity index (χ2n) is 7.61. The van der Waals surface area contributed by atoms with Crippen molar-refractivity contribution in [3.63, 3.8) is 0 Å². The zero-order valence-corrected chi connectivity index (χ0v) is 16.9. The highest BCUT2D eigenvalue weighted by Gasteiger charge is 2.35. The molecule has 3 amide bonds. The summed E-state index contributed by atoms with van der Waals surface area (Å²) in [5.41, 5.74) is 0.559. The summed E-state index contributed by atoms with van der Waals surface area (Å²) in [6.07, 6.45) is 3.06. The molecule has 2 aliphatic rings. The third-order valence-corrected chi connectivity index (χ3v) is 5.59. The molecule has 158 valence electrons. The molecule has 1 unspecified atom stereocenters. The van der Waals surface area contributed by atoms with Gasteiger partial charge in [0.05, 0.1) is 6.54 Å². The molecule has 2 saturated heterocycles. The van der Waals surface area contributed by atoms with Gasteiger partial charge in [-0.25, -0.2) is 4.39 Å². The number of nitrogens with zero attached hydrogens (tertiary/aromatic N) is 3. The van der Waals surface area contributed by atoms with Crippen molar-refractivity contribution in [1.29, 1.82) is 0 Å². The minimum atomic E-state index is -0.346. The Balaban J connectivity index is 1.48. The topological polar surface area (TPSA) is 73.0 Å². The standard InChI is InChI=1S/C21H29FN4O3/c1-2-20(28)26-10-4-3-5-18(26)21(29)25-13-11-24(12-14-25)15-19(27)23-17-8-6-16(22)7-9-17/h6-9,18H,2-5,10-15H2,1H3,(H,23,27). The van der Waals surface area contributed by atoms with Crippen LogP contribution < -0.4 is 5.32 Å². The van der Waals surface area contributed by atoms with E-state index in [0.717, 1.165) is 19.3 Å². The molecule has 0 radical (unpaired) electrons. The van der Waals surface area contributed by atoms with Gasteiger partial charge >= 0.3 is 0 Å². The molecule has 2 heterocycles. The van der Waals surface area contributed by atoms with Crippen molar-refractivity contribution < 1.29 is 18.8 Å². The Kier molecular flexibility index (Phi) is 7.19. The van der Waals surface area contributed by atoms with Crippen molar-refractivity contribution in [1.82, 2.24) is 14.7 Å². The van der Waals surface area contributed by atoms with E-state index in [2.05, 4.69) is 5.32 Å². The zero-order chi connectivity index (χ0) is 20.8. The molecule has 29 heavy (non-hydrogen) atoms. The Morgan fingerprint density at radius 2 is 1.72 bits per heavy atom. The van der Waals surface area contributed by atoms with Gasteiger partial charge in [-0.2, -0.15) is 0 Å². The molecule has 0 bridgehead atoms. The van der Waals surface area contributed by atoms with E-state index in [4.69, 9.17) is 0 Å². The van der Waals surface area contributed by atoms with Gasteiger partial charge < -0.3 is 15.1 Å². The van der Waals surface area contributed by atoms with Crippen molar-refractivity contribution in [3.05, 3.63) is 30.1 Å². The summed E-state index contributed by atoms with van der Waals surface area (Å²) < 4.78 is 12.9. The lowest BCUT2D eigenvalue weighted by Crippen LogP contribution is -2.57. The third-order valence-electron chi connectivity index (χ3n) is 5.59. The number of piperazine rings is 1. The quantitative estimate of drug-likeness (QED) is 0.811. The van der Waals surface area contributed by atoms with Gasteiger partial charge in [-0.15, -0.1) is 0 Å². The van der Waals surface area contributed by atoms with E-state index in [1.807, 2.05) is 16.7 Å². The molecule has 1 atom stereocenters. The van der Waals surface area contributed by atoms with Gasteiger partial charge in [0.25, 0.3) is 0 Å². The van der Waals surface area contributed by atoms with Gasteiger partial charge in [0.1, 0.15) is 11.9 Å². The van der Waals surface area contributed by atoms with Crippen molar-refractivity contribution in [2.75, 3.05) is 44.6 Å². The van der Waals surface area contributed by atoms with Crippen molar-refractivity contribution in [2.24, 2.45) is 0 Å². The molecule has 8 heteroatoms. The van der Waals surface area contributed by atoms with Crippen LogP contribution in [0.2, 0.25) is 0 Å². The van der Waals surface area contributed by atoms with Crippen LogP contribution in [-0.4, -0.2) is 77.7 Å². The van der Waals surface area contributed by atoms with Crippen molar-refractivity contribution >= 4 is 23.4 Å². The Bertz CT molecular complexity index is 732. The summed E-state index contributed by atoms with van der Waals surface area (Å²) >= 11 is 0. The number of likely N-dealkylation sites (tertiary alicyclic amines) is 1. The summed E-state index contributed by atoms with van der Waals surface area (Å²) in [7, 11) is 0. The third kappa shape index (κ3) is 5.53. The first-order chi connectivity index (χ1) is 14.0. The molecule has 3 rings (SSSR count). The lowest BCUT2D eigenvalue weighted by molar-refractivity contribution is -0.148. The predicted octanol–water partition coefficient (Wildman–Crippen LogP) is 1.70. The maximum Gasteiger partial charge on any atom is 0.245 e. The molecular weight excluding hydrogens is 375 g/mol. The molecule has 0 aliphatic carbocycles. The van der Waals surface area contributed by atoms with Gasteiger partial charge in [-0.1, -0.05) is 6.92 Å². The van der Waals surface area contributed by atoms with Crippen LogP contribution in [0.15, 0.2) is 24.3 Å². The minimum absolute atomic E-state index is 0.0295. The largest absolute Gasteiger partial charge is 0.338 e. The van der Waals surface area contributed by atoms with Crippen LogP contribution >= 0.6 is 0 Å². The molecule has 2 fully saturated rings. The molecule has 0 aromatic heterocycles. The average Bonchev–Trinajstić information content (AvgIpc) is 2.75. The van der Waals surface area contributed by atoms with Gasteiger partial charge in [0, 0.05) is 44.8 Å². The Morgan fingerprint density at radius 3 is 2.38 bits per heavy atom. The number of rotatable bonds is 5. The predicted molar refractivity (Wildman–Crippen MR) is 108 cm³/mol. The smallest absolute Gasteiger partial charge is 0.245 e. The molecule has 0 saturated carbocycles. The van der Waals surface area contributed by atoms with E-state index in [9.17, 15) is 18.8 Å². The van der Waals surface area contributed by atoms with Crippen molar-refractivity contribution in [2.45, 2.75) is 38.6 Å². The number of piperidine rings is 1. The highest BCUT2D eigenvalue weighted by Crippen LogP contribution is 2.21. The van der Waals surface area contributed by atoms with Crippen LogP contribution in [0.5, 0.6) is 0 Å². The highest BCUT2D eigenvalue weighted by atomic mass is 19.1. The lowest BCUT2D eigenvalue weighted by atomic mass is 10.00. The summed E-state index contributed by atoms with van der Waals surface area (Å²) in [6.45, 7) is 5.03. The molecule has 0 spiro atoms. The maximum atomic E-state index is 13.0. The average molecular weight is 404 g/mol. The van der Waals surface area contributed by atoms with Gasteiger partial charge in [0.2, 0.25) is 17.7 Å². The Hall–Kier alpha value is -2.48. The van der Waals surface area contributed by atoms with Crippen LogP contribution in [0.4, 0.5) is 10.1 Å². The number of benzene rings is 1. The zero-order valence-electron chi connectivity index (χ0n) is 16.9. The first-order valence-corrected chi connectivity index (χ1v) is 10.3. The van der Waals surface area contributed by atoms with Crippen LogP contribution in [-0.2, 0) is 14.4 Å². The number of carbonyl (C=O) groups excluding carboxylic acids is 3. The van der Waals surface area contributed by atoms with Gasteiger partial charge in [0.15, 0.2) is 0 Å². The number of amides is 3.